The molecule has 0 atom stereocenters. The molecule has 1 spiro atoms. The summed E-state index contributed by atoms with van der Waals surface area (Å²) in [6, 6.07) is 0.0515. The Morgan fingerprint density at radius 2 is 2.07 bits per heavy atom. The van der Waals surface area contributed by atoms with E-state index in [0.29, 0.717) is 13.2 Å². The third-order valence-electron chi connectivity index (χ3n) is 2.82. The molecule has 2 aliphatic heterocycles. The van der Waals surface area contributed by atoms with Gasteiger partial charge in [0.05, 0.1) is 6.61 Å². The van der Waals surface area contributed by atoms with Crippen molar-refractivity contribution >= 4 is 6.03 Å². The van der Waals surface area contributed by atoms with Crippen LogP contribution in [-0.4, -0.2) is 73.8 Å². The number of carbonyl (C=O) groups excluding carboxylic acids is 1. The highest BCUT2D eigenvalue weighted by atomic mass is 16.5. The minimum Gasteiger partial charge on any atom is -0.351 e. The van der Waals surface area contributed by atoms with Crippen LogP contribution in [0.15, 0.2) is 0 Å². The van der Waals surface area contributed by atoms with Crippen LogP contribution in [0, 0.1) is 0 Å². The Morgan fingerprint density at radius 1 is 1.43 bits per heavy atom. The van der Waals surface area contributed by atoms with E-state index in [0.717, 1.165) is 13.1 Å². The molecule has 5 nitrogen and oxygen atoms in total. The maximum absolute atomic E-state index is 11.8. The first kappa shape index (κ1) is 9.73. The van der Waals surface area contributed by atoms with Crippen LogP contribution in [0.1, 0.15) is 0 Å². The van der Waals surface area contributed by atoms with Gasteiger partial charge in [-0.05, 0) is 7.05 Å². The average molecular weight is 199 g/mol. The number of likely N-dealkylation sites (tertiary alicyclic amines) is 1. The molecule has 0 aromatic rings. The number of likely N-dealkylation sites (N-methyl/N-ethyl adjacent to an activating group) is 1. The van der Waals surface area contributed by atoms with Crippen molar-refractivity contribution in [2.24, 2.45) is 0 Å². The van der Waals surface area contributed by atoms with Gasteiger partial charge in [0, 0.05) is 33.7 Å². The second-order valence-electron chi connectivity index (χ2n) is 4.30. The van der Waals surface area contributed by atoms with Crippen molar-refractivity contribution < 1.29 is 9.53 Å². The van der Waals surface area contributed by atoms with Crippen molar-refractivity contribution in [3.05, 3.63) is 0 Å². The third-order valence-corrected chi connectivity index (χ3v) is 2.82. The molecule has 5 heteroatoms. The Hall–Kier alpha value is -0.810. The van der Waals surface area contributed by atoms with Crippen LogP contribution in [0.4, 0.5) is 4.79 Å². The Balaban J connectivity index is 2.08. The summed E-state index contributed by atoms with van der Waals surface area (Å²) in [6.45, 7) is 3.03. The van der Waals surface area contributed by atoms with E-state index >= 15 is 0 Å². The fourth-order valence-corrected chi connectivity index (χ4v) is 2.18. The molecule has 2 rings (SSSR count). The van der Waals surface area contributed by atoms with E-state index in [-0.39, 0.29) is 11.8 Å². The van der Waals surface area contributed by atoms with Crippen LogP contribution in [0.3, 0.4) is 0 Å². The molecule has 2 aliphatic rings. The van der Waals surface area contributed by atoms with Crippen LogP contribution in [0.25, 0.3) is 0 Å². The second kappa shape index (κ2) is 3.10. The Bertz CT molecular complexity index is 248. The van der Waals surface area contributed by atoms with Crippen LogP contribution in [0.2, 0.25) is 0 Å². The molecule has 0 N–H and O–H groups in total. The maximum Gasteiger partial charge on any atom is 0.321 e. The van der Waals surface area contributed by atoms with Gasteiger partial charge in [-0.3, -0.25) is 9.80 Å². The lowest BCUT2D eigenvalue weighted by Gasteiger charge is -2.49. The van der Waals surface area contributed by atoms with Crippen LogP contribution in [-0.2, 0) is 4.74 Å². The quantitative estimate of drug-likeness (QED) is 0.534. The summed E-state index contributed by atoms with van der Waals surface area (Å²) in [6.07, 6.45) is 0. The number of ether oxygens (including phenoxy) is 1. The van der Waals surface area contributed by atoms with Gasteiger partial charge in [0.15, 0.2) is 5.72 Å². The molecular weight excluding hydrogens is 182 g/mol. The average Bonchev–Trinajstić information content (AvgIpc) is 2.46. The van der Waals surface area contributed by atoms with Gasteiger partial charge in [-0.2, -0.15) is 0 Å². The lowest BCUT2D eigenvalue weighted by Crippen LogP contribution is -2.69. The summed E-state index contributed by atoms with van der Waals surface area (Å²) in [5.74, 6) is 0. The zero-order valence-corrected chi connectivity index (χ0v) is 8.99. The van der Waals surface area contributed by atoms with Crippen molar-refractivity contribution in [1.29, 1.82) is 0 Å². The molecule has 0 aliphatic carbocycles. The standard InChI is InChI=1S/C9H17N3O2/c1-10(2)8(13)12-4-5-14-9(12)6-11(3)7-9/h4-7H2,1-3H3. The summed E-state index contributed by atoms with van der Waals surface area (Å²) in [4.78, 5) is 17.4. The normalized spacial score (nSPS) is 25.2. The maximum atomic E-state index is 11.8. The molecule has 2 heterocycles. The number of urea groups is 1. The highest BCUT2D eigenvalue weighted by molar-refractivity contribution is 5.75. The molecule has 0 bridgehead atoms. The van der Waals surface area contributed by atoms with E-state index in [9.17, 15) is 4.79 Å². The summed E-state index contributed by atoms with van der Waals surface area (Å²) in [5.41, 5.74) is -0.323. The van der Waals surface area contributed by atoms with Gasteiger partial charge >= 0.3 is 6.03 Å². The van der Waals surface area contributed by atoms with E-state index in [4.69, 9.17) is 4.74 Å². The molecule has 14 heavy (non-hydrogen) atoms. The fourth-order valence-electron chi connectivity index (χ4n) is 2.18. The van der Waals surface area contributed by atoms with Gasteiger partial charge in [0.25, 0.3) is 0 Å². The number of hydrogen-bond acceptors (Lipinski definition) is 3. The molecule has 0 saturated carbocycles. The molecule has 0 aromatic carbocycles. The fraction of sp³-hybridized carbons (Fsp3) is 0.889. The van der Waals surface area contributed by atoms with Gasteiger partial charge in [0.1, 0.15) is 0 Å². The molecule has 0 radical (unpaired) electrons. The predicted octanol–water partition coefficient (Wildman–Crippen LogP) is -0.358. The van der Waals surface area contributed by atoms with Crippen molar-refractivity contribution in [3.63, 3.8) is 0 Å². The summed E-state index contributed by atoms with van der Waals surface area (Å²) >= 11 is 0. The van der Waals surface area contributed by atoms with Gasteiger partial charge in [-0.1, -0.05) is 0 Å². The van der Waals surface area contributed by atoms with E-state index in [2.05, 4.69) is 4.90 Å². The van der Waals surface area contributed by atoms with Crippen molar-refractivity contribution in [3.8, 4) is 0 Å². The van der Waals surface area contributed by atoms with Gasteiger partial charge in [-0.15, -0.1) is 0 Å². The Morgan fingerprint density at radius 3 is 2.57 bits per heavy atom. The van der Waals surface area contributed by atoms with Crippen molar-refractivity contribution in [1.82, 2.24) is 14.7 Å². The van der Waals surface area contributed by atoms with E-state index in [1.54, 1.807) is 19.0 Å². The number of rotatable bonds is 0. The van der Waals surface area contributed by atoms with E-state index in [1.807, 2.05) is 11.9 Å². The molecule has 80 valence electrons. The number of carbonyl (C=O) groups is 1. The number of nitrogens with zero attached hydrogens (tertiary/aromatic N) is 3. The van der Waals surface area contributed by atoms with E-state index < -0.39 is 0 Å². The summed E-state index contributed by atoms with van der Waals surface area (Å²) in [7, 11) is 5.58. The number of hydrogen-bond donors (Lipinski definition) is 0. The zero-order valence-electron chi connectivity index (χ0n) is 8.99. The SMILES string of the molecule is CN1CC2(C1)OCCN2C(=O)N(C)C. The topological polar surface area (TPSA) is 36.0 Å². The molecule has 2 fully saturated rings. The van der Waals surface area contributed by atoms with Crippen LogP contribution in [0.5, 0.6) is 0 Å². The lowest BCUT2D eigenvalue weighted by molar-refractivity contribution is -0.158. The van der Waals surface area contributed by atoms with Gasteiger partial charge in [-0.25, -0.2) is 4.79 Å². The Kier molecular flexibility index (Phi) is 2.16. The van der Waals surface area contributed by atoms with Crippen LogP contribution < -0.4 is 0 Å². The van der Waals surface area contributed by atoms with Gasteiger partial charge < -0.3 is 9.64 Å². The highest BCUT2D eigenvalue weighted by Crippen LogP contribution is 2.32. The third kappa shape index (κ3) is 1.27. The molecule has 0 unspecified atom stereocenters. The second-order valence-corrected chi connectivity index (χ2v) is 4.30. The highest BCUT2D eigenvalue weighted by Gasteiger charge is 2.52. The largest absolute Gasteiger partial charge is 0.351 e. The van der Waals surface area contributed by atoms with Crippen molar-refractivity contribution in [2.75, 3.05) is 47.4 Å². The van der Waals surface area contributed by atoms with E-state index in [1.165, 1.54) is 0 Å². The minimum atomic E-state index is -0.323. The molecule has 2 saturated heterocycles. The first-order valence-corrected chi connectivity index (χ1v) is 4.87. The number of amides is 2. The summed E-state index contributed by atoms with van der Waals surface area (Å²) < 4.78 is 5.67. The Labute approximate surface area is 84.2 Å². The molecule has 0 aromatic heterocycles. The smallest absolute Gasteiger partial charge is 0.321 e. The summed E-state index contributed by atoms with van der Waals surface area (Å²) in [5, 5.41) is 0. The molecule has 2 amide bonds. The first-order chi connectivity index (χ1) is 6.55. The van der Waals surface area contributed by atoms with Gasteiger partial charge in [0.2, 0.25) is 0 Å². The minimum absolute atomic E-state index is 0.0515. The van der Waals surface area contributed by atoms with Crippen molar-refractivity contribution in [2.45, 2.75) is 5.72 Å². The first-order valence-electron chi connectivity index (χ1n) is 4.87. The zero-order chi connectivity index (χ0) is 10.3. The predicted molar refractivity (Wildman–Crippen MR) is 52.0 cm³/mol. The lowest BCUT2D eigenvalue weighted by atomic mass is 10.0. The van der Waals surface area contributed by atoms with Crippen LogP contribution >= 0.6 is 0 Å². The molecular formula is C9H17N3O2. The monoisotopic (exact) mass is 199 g/mol.